The molecule has 0 bridgehead atoms. The Labute approximate surface area is 173 Å². The first-order chi connectivity index (χ1) is 14.5. The number of furan rings is 1. The molecule has 0 saturated heterocycles. The fourth-order valence-corrected chi connectivity index (χ4v) is 2.75. The number of nitrogens with one attached hydrogen (secondary N) is 2. The van der Waals surface area contributed by atoms with Crippen LogP contribution in [0.5, 0.6) is 0 Å². The van der Waals surface area contributed by atoms with Crippen LogP contribution in [0.4, 0.5) is 0 Å². The fourth-order valence-electron chi connectivity index (χ4n) is 2.75. The number of carbonyl (C=O) groups is 3. The first-order valence-electron chi connectivity index (χ1n) is 9.22. The van der Waals surface area contributed by atoms with Gasteiger partial charge >= 0.3 is 5.97 Å². The molecule has 0 aliphatic heterocycles. The first kappa shape index (κ1) is 20.6. The van der Waals surface area contributed by atoms with Gasteiger partial charge in [0.1, 0.15) is 11.7 Å². The average molecular weight is 404 g/mol. The zero-order valence-electron chi connectivity index (χ0n) is 15.9. The van der Waals surface area contributed by atoms with Crippen molar-refractivity contribution >= 4 is 23.9 Å². The van der Waals surface area contributed by atoms with Crippen molar-refractivity contribution in [2.75, 3.05) is 0 Å². The summed E-state index contributed by atoms with van der Waals surface area (Å²) in [6.07, 6.45) is 2.92. The number of amides is 2. The average Bonchev–Trinajstić information content (AvgIpc) is 3.29. The van der Waals surface area contributed by atoms with E-state index in [0.29, 0.717) is 5.56 Å². The Morgan fingerprint density at radius 3 is 2.20 bits per heavy atom. The Kier molecular flexibility index (Phi) is 6.78. The van der Waals surface area contributed by atoms with Gasteiger partial charge in [0, 0.05) is 6.42 Å². The van der Waals surface area contributed by atoms with E-state index in [1.54, 1.807) is 54.6 Å². The molecule has 3 aromatic rings. The maximum absolute atomic E-state index is 12.9. The second kappa shape index (κ2) is 9.88. The Bertz CT molecular complexity index is 1030. The number of benzene rings is 2. The lowest BCUT2D eigenvalue weighted by Gasteiger charge is -2.16. The molecule has 0 aliphatic carbocycles. The molecule has 2 amide bonds. The van der Waals surface area contributed by atoms with Crippen LogP contribution < -0.4 is 10.6 Å². The molecule has 0 fully saturated rings. The lowest BCUT2D eigenvalue weighted by Crippen LogP contribution is -2.45. The lowest BCUT2D eigenvalue weighted by molar-refractivity contribution is -0.141. The van der Waals surface area contributed by atoms with E-state index >= 15 is 0 Å². The Balaban J connectivity index is 1.82. The molecular weight excluding hydrogens is 384 g/mol. The minimum absolute atomic E-state index is 0.0285. The molecule has 0 spiro atoms. The number of hydrogen-bond acceptors (Lipinski definition) is 4. The number of carbonyl (C=O) groups excluding carboxylic acids is 2. The molecule has 0 radical (unpaired) electrons. The van der Waals surface area contributed by atoms with Gasteiger partial charge in [-0.15, -0.1) is 0 Å². The maximum atomic E-state index is 12.9. The van der Waals surface area contributed by atoms with E-state index in [-0.39, 0.29) is 17.9 Å². The van der Waals surface area contributed by atoms with E-state index in [2.05, 4.69) is 10.6 Å². The van der Waals surface area contributed by atoms with Crippen LogP contribution in [0.15, 0.2) is 89.2 Å². The van der Waals surface area contributed by atoms with Crippen molar-refractivity contribution in [1.29, 1.82) is 0 Å². The van der Waals surface area contributed by atoms with Crippen LogP contribution in [-0.4, -0.2) is 28.9 Å². The highest BCUT2D eigenvalue weighted by Gasteiger charge is 2.24. The van der Waals surface area contributed by atoms with Gasteiger partial charge in [-0.25, -0.2) is 4.79 Å². The summed E-state index contributed by atoms with van der Waals surface area (Å²) in [5, 5.41) is 14.5. The van der Waals surface area contributed by atoms with Gasteiger partial charge in [0.05, 0.1) is 6.26 Å². The van der Waals surface area contributed by atoms with Gasteiger partial charge in [0.2, 0.25) is 0 Å². The van der Waals surface area contributed by atoms with Gasteiger partial charge in [-0.3, -0.25) is 9.59 Å². The van der Waals surface area contributed by atoms with Crippen LogP contribution in [0.25, 0.3) is 6.08 Å². The highest BCUT2D eigenvalue weighted by Crippen LogP contribution is 2.09. The summed E-state index contributed by atoms with van der Waals surface area (Å²) >= 11 is 0. The van der Waals surface area contributed by atoms with E-state index in [0.717, 1.165) is 5.56 Å². The predicted molar refractivity (Wildman–Crippen MR) is 110 cm³/mol. The predicted octanol–water partition coefficient (Wildman–Crippen LogP) is 2.86. The van der Waals surface area contributed by atoms with Crippen molar-refractivity contribution < 1.29 is 23.9 Å². The largest absolute Gasteiger partial charge is 0.480 e. The van der Waals surface area contributed by atoms with Crippen molar-refractivity contribution in [1.82, 2.24) is 10.6 Å². The van der Waals surface area contributed by atoms with Gasteiger partial charge in [-0.1, -0.05) is 60.7 Å². The van der Waals surface area contributed by atoms with Crippen LogP contribution >= 0.6 is 0 Å². The quantitative estimate of drug-likeness (QED) is 0.500. The summed E-state index contributed by atoms with van der Waals surface area (Å²) in [5.74, 6) is -2.49. The summed E-state index contributed by atoms with van der Waals surface area (Å²) in [7, 11) is 0. The van der Waals surface area contributed by atoms with Gasteiger partial charge in [0.15, 0.2) is 5.76 Å². The number of carboxylic acids is 1. The zero-order valence-corrected chi connectivity index (χ0v) is 15.9. The molecule has 1 atom stereocenters. The molecular formula is C23H20N2O5. The van der Waals surface area contributed by atoms with Crippen LogP contribution in [0.1, 0.15) is 21.7 Å². The SMILES string of the molecule is O=C(N[C@@H](Cc1ccccc1)C(=O)O)/C(=C\c1ccccc1)NC(=O)c1ccco1. The topological polar surface area (TPSA) is 109 Å². The third-order valence-electron chi connectivity index (χ3n) is 4.23. The Morgan fingerprint density at radius 2 is 1.60 bits per heavy atom. The highest BCUT2D eigenvalue weighted by molar-refractivity contribution is 6.05. The van der Waals surface area contributed by atoms with Crippen molar-refractivity contribution in [3.63, 3.8) is 0 Å². The number of carboxylic acid groups (broad SMARTS) is 1. The summed E-state index contributed by atoms with van der Waals surface area (Å²) in [5.41, 5.74) is 1.33. The Morgan fingerprint density at radius 1 is 0.933 bits per heavy atom. The molecule has 7 nitrogen and oxygen atoms in total. The summed E-state index contributed by atoms with van der Waals surface area (Å²) in [6.45, 7) is 0. The summed E-state index contributed by atoms with van der Waals surface area (Å²) in [6, 6.07) is 19.7. The van der Waals surface area contributed by atoms with E-state index in [1.807, 2.05) is 12.1 Å². The van der Waals surface area contributed by atoms with E-state index in [1.165, 1.54) is 18.4 Å². The van der Waals surface area contributed by atoms with Crippen LogP contribution in [0.3, 0.4) is 0 Å². The third-order valence-corrected chi connectivity index (χ3v) is 4.23. The highest BCUT2D eigenvalue weighted by atomic mass is 16.4. The van der Waals surface area contributed by atoms with Crippen LogP contribution in [0.2, 0.25) is 0 Å². The minimum atomic E-state index is -1.18. The normalized spacial score (nSPS) is 12.1. The molecule has 30 heavy (non-hydrogen) atoms. The molecule has 0 saturated carbocycles. The monoisotopic (exact) mass is 404 g/mol. The molecule has 2 aromatic carbocycles. The molecule has 1 aromatic heterocycles. The smallest absolute Gasteiger partial charge is 0.326 e. The molecule has 0 unspecified atom stereocenters. The third kappa shape index (κ3) is 5.68. The van der Waals surface area contributed by atoms with Crippen molar-refractivity contribution in [3.05, 3.63) is 102 Å². The maximum Gasteiger partial charge on any atom is 0.326 e. The van der Waals surface area contributed by atoms with Crippen LogP contribution in [-0.2, 0) is 16.0 Å². The molecule has 3 N–H and O–H groups in total. The van der Waals surface area contributed by atoms with Gasteiger partial charge < -0.3 is 20.2 Å². The lowest BCUT2D eigenvalue weighted by atomic mass is 10.1. The van der Waals surface area contributed by atoms with Crippen molar-refractivity contribution in [2.24, 2.45) is 0 Å². The molecule has 7 heteroatoms. The molecule has 0 aliphatic rings. The van der Waals surface area contributed by atoms with Crippen LogP contribution in [0, 0.1) is 0 Å². The first-order valence-corrected chi connectivity index (χ1v) is 9.22. The Hall–Kier alpha value is -4.13. The zero-order chi connectivity index (χ0) is 21.3. The van der Waals surface area contributed by atoms with Gasteiger partial charge in [-0.2, -0.15) is 0 Å². The van der Waals surface area contributed by atoms with E-state index in [4.69, 9.17) is 4.42 Å². The second-order valence-corrected chi connectivity index (χ2v) is 6.45. The number of aliphatic carboxylic acids is 1. The number of rotatable bonds is 8. The molecule has 1 heterocycles. The second-order valence-electron chi connectivity index (χ2n) is 6.45. The van der Waals surface area contributed by atoms with Gasteiger partial charge in [0.25, 0.3) is 11.8 Å². The number of hydrogen-bond donors (Lipinski definition) is 3. The van der Waals surface area contributed by atoms with E-state index < -0.39 is 23.8 Å². The summed E-state index contributed by atoms with van der Waals surface area (Å²) < 4.78 is 5.06. The fraction of sp³-hybridized carbons (Fsp3) is 0.0870. The summed E-state index contributed by atoms with van der Waals surface area (Å²) in [4.78, 5) is 36.9. The standard InChI is InChI=1S/C23H20N2O5/c26-21(25-19(23(28)29)15-17-10-5-2-6-11-17)18(14-16-8-3-1-4-9-16)24-22(27)20-12-7-13-30-20/h1-14,19H,15H2,(H,24,27)(H,25,26)(H,28,29)/b18-14+/t19-/m0/s1. The minimum Gasteiger partial charge on any atom is -0.480 e. The molecule has 3 rings (SSSR count). The van der Waals surface area contributed by atoms with Crippen molar-refractivity contribution in [2.45, 2.75) is 12.5 Å². The van der Waals surface area contributed by atoms with Gasteiger partial charge in [-0.05, 0) is 29.3 Å². The van der Waals surface area contributed by atoms with Crippen molar-refractivity contribution in [3.8, 4) is 0 Å². The van der Waals surface area contributed by atoms with E-state index in [9.17, 15) is 19.5 Å². The molecule has 152 valence electrons.